The lowest BCUT2D eigenvalue weighted by atomic mass is 10.0. The van der Waals surface area contributed by atoms with E-state index < -0.39 is 5.97 Å². The Morgan fingerprint density at radius 2 is 1.90 bits per heavy atom. The van der Waals surface area contributed by atoms with E-state index in [0.717, 1.165) is 6.42 Å². The lowest BCUT2D eigenvalue weighted by molar-refractivity contribution is -0.00747. The molecular weight excluding hydrogens is 270 g/mol. The summed E-state index contributed by atoms with van der Waals surface area (Å²) in [5.74, 6) is -0.555. The van der Waals surface area contributed by atoms with Crippen molar-refractivity contribution in [1.82, 2.24) is 4.90 Å². The van der Waals surface area contributed by atoms with Crippen LogP contribution in [0.1, 0.15) is 41.0 Å². The first-order valence-corrected chi connectivity index (χ1v) is 7.21. The molecule has 1 aliphatic rings. The molecule has 1 fully saturated rings. The second-order valence-electron chi connectivity index (χ2n) is 5.74. The third-order valence-electron chi connectivity index (χ3n) is 3.61. The van der Waals surface area contributed by atoms with Crippen LogP contribution in [0.3, 0.4) is 0 Å². The van der Waals surface area contributed by atoms with Gasteiger partial charge in [-0.05, 0) is 36.6 Å². The van der Waals surface area contributed by atoms with Gasteiger partial charge in [-0.25, -0.2) is 4.79 Å². The first-order valence-electron chi connectivity index (χ1n) is 7.21. The molecule has 1 aliphatic heterocycles. The largest absolute Gasteiger partial charge is 0.478 e. The summed E-state index contributed by atoms with van der Waals surface area (Å²) in [4.78, 5) is 25.3. The number of hydrogen-bond donors (Lipinski definition) is 1. The van der Waals surface area contributed by atoms with Crippen LogP contribution in [0.5, 0.6) is 0 Å². The first kappa shape index (κ1) is 15.5. The molecule has 0 bridgehead atoms. The highest BCUT2D eigenvalue weighted by molar-refractivity contribution is 5.96. The zero-order valence-corrected chi connectivity index (χ0v) is 12.4. The van der Waals surface area contributed by atoms with Gasteiger partial charge in [0.05, 0.1) is 24.8 Å². The molecule has 0 aromatic heterocycles. The van der Waals surface area contributed by atoms with E-state index in [1.807, 2.05) is 4.90 Å². The van der Waals surface area contributed by atoms with Gasteiger partial charge in [-0.2, -0.15) is 0 Å². The summed E-state index contributed by atoms with van der Waals surface area (Å²) in [5, 5.41) is 8.89. The monoisotopic (exact) mass is 291 g/mol. The molecule has 0 aliphatic carbocycles. The highest BCUT2D eigenvalue weighted by Crippen LogP contribution is 2.18. The summed E-state index contributed by atoms with van der Waals surface area (Å²) in [6, 6.07) is 6.17. The predicted octanol–water partition coefficient (Wildman–Crippen LogP) is 2.27. The van der Waals surface area contributed by atoms with Crippen molar-refractivity contribution in [2.75, 3.05) is 19.8 Å². The summed E-state index contributed by atoms with van der Waals surface area (Å²) in [7, 11) is 0. The van der Waals surface area contributed by atoms with Gasteiger partial charge in [0.1, 0.15) is 0 Å². The van der Waals surface area contributed by atoms with Crippen LogP contribution >= 0.6 is 0 Å². The molecule has 0 saturated carbocycles. The van der Waals surface area contributed by atoms with Crippen LogP contribution in [0, 0.1) is 5.92 Å². The topological polar surface area (TPSA) is 66.8 Å². The minimum Gasteiger partial charge on any atom is -0.478 e. The van der Waals surface area contributed by atoms with Gasteiger partial charge in [0.15, 0.2) is 0 Å². The van der Waals surface area contributed by atoms with E-state index in [1.54, 1.807) is 12.1 Å². The molecule has 0 unspecified atom stereocenters. The van der Waals surface area contributed by atoms with Gasteiger partial charge in [0.2, 0.25) is 0 Å². The number of aromatic carboxylic acids is 1. The zero-order valence-electron chi connectivity index (χ0n) is 12.4. The van der Waals surface area contributed by atoms with Gasteiger partial charge in [0, 0.05) is 12.1 Å². The SMILES string of the molecule is CC(C)C[C@H]1COCCN1C(=O)c1ccc(C(=O)O)cc1. The van der Waals surface area contributed by atoms with Crippen molar-refractivity contribution in [1.29, 1.82) is 0 Å². The Kier molecular flexibility index (Phi) is 4.96. The fourth-order valence-electron chi connectivity index (χ4n) is 2.58. The maximum Gasteiger partial charge on any atom is 0.335 e. The molecule has 2 rings (SSSR count). The number of benzene rings is 1. The Morgan fingerprint density at radius 3 is 2.48 bits per heavy atom. The van der Waals surface area contributed by atoms with Gasteiger partial charge < -0.3 is 14.7 Å². The van der Waals surface area contributed by atoms with Gasteiger partial charge in [0.25, 0.3) is 5.91 Å². The van der Waals surface area contributed by atoms with E-state index in [4.69, 9.17) is 9.84 Å². The second kappa shape index (κ2) is 6.72. The lowest BCUT2D eigenvalue weighted by Crippen LogP contribution is -2.49. The van der Waals surface area contributed by atoms with Crippen LogP contribution < -0.4 is 0 Å². The molecule has 1 amide bonds. The van der Waals surface area contributed by atoms with Crippen LogP contribution in [-0.2, 0) is 4.74 Å². The van der Waals surface area contributed by atoms with Crippen molar-refractivity contribution in [2.24, 2.45) is 5.92 Å². The van der Waals surface area contributed by atoms with Crippen LogP contribution in [0.25, 0.3) is 0 Å². The molecule has 5 heteroatoms. The van der Waals surface area contributed by atoms with Crippen molar-refractivity contribution in [3.63, 3.8) is 0 Å². The van der Waals surface area contributed by atoms with E-state index in [2.05, 4.69) is 13.8 Å². The molecule has 1 aromatic carbocycles. The van der Waals surface area contributed by atoms with Crippen LogP contribution in [-0.4, -0.2) is 47.7 Å². The fraction of sp³-hybridized carbons (Fsp3) is 0.500. The molecule has 1 aromatic rings. The Labute approximate surface area is 124 Å². The Balaban J connectivity index is 2.14. The van der Waals surface area contributed by atoms with Crippen LogP contribution in [0.2, 0.25) is 0 Å². The van der Waals surface area contributed by atoms with E-state index in [9.17, 15) is 9.59 Å². The van der Waals surface area contributed by atoms with Gasteiger partial charge >= 0.3 is 5.97 Å². The van der Waals surface area contributed by atoms with Crippen molar-refractivity contribution in [3.05, 3.63) is 35.4 Å². The number of carboxylic acids is 1. The zero-order chi connectivity index (χ0) is 15.4. The molecule has 0 spiro atoms. The Hall–Kier alpha value is -1.88. The van der Waals surface area contributed by atoms with Crippen molar-refractivity contribution < 1.29 is 19.4 Å². The number of amides is 1. The lowest BCUT2D eigenvalue weighted by Gasteiger charge is -2.36. The third kappa shape index (κ3) is 3.82. The maximum absolute atomic E-state index is 12.6. The maximum atomic E-state index is 12.6. The van der Waals surface area contributed by atoms with E-state index in [0.29, 0.717) is 31.2 Å². The number of carbonyl (C=O) groups is 2. The summed E-state index contributed by atoms with van der Waals surface area (Å²) < 4.78 is 5.48. The fourth-order valence-corrected chi connectivity index (χ4v) is 2.58. The average molecular weight is 291 g/mol. The summed E-state index contributed by atoms with van der Waals surface area (Å²) in [6.45, 7) is 5.94. The molecule has 5 nitrogen and oxygen atoms in total. The number of carboxylic acid groups (broad SMARTS) is 1. The predicted molar refractivity (Wildman–Crippen MR) is 78.5 cm³/mol. The van der Waals surface area contributed by atoms with E-state index in [1.165, 1.54) is 12.1 Å². The summed E-state index contributed by atoms with van der Waals surface area (Å²) >= 11 is 0. The number of rotatable bonds is 4. The second-order valence-corrected chi connectivity index (χ2v) is 5.74. The highest BCUT2D eigenvalue weighted by atomic mass is 16.5. The Bertz CT molecular complexity index is 510. The van der Waals surface area contributed by atoms with Gasteiger partial charge in [-0.3, -0.25) is 4.79 Å². The molecule has 21 heavy (non-hydrogen) atoms. The molecule has 0 radical (unpaired) electrons. The van der Waals surface area contributed by atoms with E-state index >= 15 is 0 Å². The van der Waals surface area contributed by atoms with Crippen molar-refractivity contribution in [3.8, 4) is 0 Å². The Morgan fingerprint density at radius 1 is 1.29 bits per heavy atom. The minimum absolute atomic E-state index is 0.0547. The van der Waals surface area contributed by atoms with Crippen molar-refractivity contribution >= 4 is 11.9 Å². The quantitative estimate of drug-likeness (QED) is 0.924. The number of morpholine rings is 1. The van der Waals surface area contributed by atoms with E-state index in [-0.39, 0.29) is 17.5 Å². The molecule has 1 saturated heterocycles. The summed E-state index contributed by atoms with van der Waals surface area (Å²) in [5.41, 5.74) is 0.711. The highest BCUT2D eigenvalue weighted by Gasteiger charge is 2.28. The number of ether oxygens (including phenoxy) is 1. The minimum atomic E-state index is -0.988. The number of nitrogens with zero attached hydrogens (tertiary/aromatic N) is 1. The van der Waals surface area contributed by atoms with Crippen LogP contribution in [0.15, 0.2) is 24.3 Å². The molecular formula is C16H21NO4. The number of hydrogen-bond acceptors (Lipinski definition) is 3. The third-order valence-corrected chi connectivity index (χ3v) is 3.61. The van der Waals surface area contributed by atoms with Gasteiger partial charge in [-0.15, -0.1) is 0 Å². The first-order chi connectivity index (χ1) is 9.99. The average Bonchev–Trinajstić information content (AvgIpc) is 2.46. The smallest absolute Gasteiger partial charge is 0.335 e. The normalized spacial score (nSPS) is 18.8. The van der Waals surface area contributed by atoms with Crippen molar-refractivity contribution in [2.45, 2.75) is 26.3 Å². The molecule has 1 N–H and O–H groups in total. The standard InChI is InChI=1S/C16H21NO4/c1-11(2)9-14-10-21-8-7-17(14)15(18)12-3-5-13(6-4-12)16(19)20/h3-6,11,14H,7-10H2,1-2H3,(H,19,20)/t14-/m0/s1. The number of carbonyl (C=O) groups excluding carboxylic acids is 1. The molecule has 1 heterocycles. The molecule has 114 valence electrons. The molecule has 1 atom stereocenters. The van der Waals surface area contributed by atoms with Crippen LogP contribution in [0.4, 0.5) is 0 Å². The van der Waals surface area contributed by atoms with Gasteiger partial charge in [-0.1, -0.05) is 13.8 Å². The summed E-state index contributed by atoms with van der Waals surface area (Å²) in [6.07, 6.45) is 0.902.